The Balaban J connectivity index is 1.58. The number of pyridine rings is 1. The van der Waals surface area contributed by atoms with Crippen molar-refractivity contribution in [1.29, 1.82) is 0 Å². The number of benzene rings is 3. The highest BCUT2D eigenvalue weighted by Crippen LogP contribution is 2.33. The average Bonchev–Trinajstić information content (AvgIpc) is 3.16. The van der Waals surface area contributed by atoms with Crippen LogP contribution >= 0.6 is 23.4 Å². The second kappa shape index (κ2) is 8.61. The molecule has 0 saturated carbocycles. The first-order valence-corrected chi connectivity index (χ1v) is 11.2. The van der Waals surface area contributed by atoms with E-state index in [0.29, 0.717) is 10.9 Å². The Bertz CT molecular complexity index is 1410. The van der Waals surface area contributed by atoms with E-state index in [0.717, 1.165) is 37.5 Å². The number of halogens is 1. The van der Waals surface area contributed by atoms with Crippen molar-refractivity contribution in [2.75, 3.05) is 0 Å². The van der Waals surface area contributed by atoms with Crippen LogP contribution in [-0.4, -0.2) is 16.9 Å². The molecule has 1 aliphatic heterocycles. The fourth-order valence-corrected chi connectivity index (χ4v) is 4.37. The zero-order valence-corrected chi connectivity index (χ0v) is 18.7. The third-order valence-corrected chi connectivity index (χ3v) is 6.20. The molecule has 1 aromatic heterocycles. The summed E-state index contributed by atoms with van der Waals surface area (Å²) < 4.78 is 5.45. The maximum absolute atomic E-state index is 12.6. The lowest BCUT2D eigenvalue weighted by molar-refractivity contribution is -0.129. The van der Waals surface area contributed by atoms with Crippen LogP contribution in [0.25, 0.3) is 17.0 Å². The van der Waals surface area contributed by atoms with E-state index in [2.05, 4.69) is 4.99 Å². The van der Waals surface area contributed by atoms with Crippen molar-refractivity contribution in [2.24, 2.45) is 4.99 Å². The Kier molecular flexibility index (Phi) is 5.52. The molecule has 156 valence electrons. The molecule has 6 heteroatoms. The van der Waals surface area contributed by atoms with Gasteiger partial charge in [0.25, 0.3) is 0 Å². The first-order chi connectivity index (χ1) is 15.5. The molecule has 0 N–H and O–H groups in total. The number of esters is 1. The number of para-hydroxylation sites is 1. The normalized spacial score (nSPS) is 14.6. The molecule has 0 spiro atoms. The zero-order chi connectivity index (χ0) is 22.1. The summed E-state index contributed by atoms with van der Waals surface area (Å²) in [7, 11) is 0. The molecule has 0 radical (unpaired) electrons. The first kappa shape index (κ1) is 20.5. The summed E-state index contributed by atoms with van der Waals surface area (Å²) in [6, 6.07) is 25.2. The minimum atomic E-state index is -0.475. The van der Waals surface area contributed by atoms with E-state index >= 15 is 0 Å². The molecule has 3 aromatic carbocycles. The smallest absolute Gasteiger partial charge is 0.363 e. The van der Waals surface area contributed by atoms with E-state index in [9.17, 15) is 4.79 Å². The van der Waals surface area contributed by atoms with E-state index in [1.165, 1.54) is 11.8 Å². The maximum Gasteiger partial charge on any atom is 0.363 e. The quantitative estimate of drug-likeness (QED) is 0.253. The number of ether oxygens (including phenoxy) is 1. The fourth-order valence-electron chi connectivity index (χ4n) is 3.37. The van der Waals surface area contributed by atoms with Crippen molar-refractivity contribution in [2.45, 2.75) is 16.8 Å². The van der Waals surface area contributed by atoms with Gasteiger partial charge in [0.15, 0.2) is 5.70 Å². The van der Waals surface area contributed by atoms with E-state index in [-0.39, 0.29) is 5.70 Å². The third-order valence-electron chi connectivity index (χ3n) is 4.92. The van der Waals surface area contributed by atoms with E-state index < -0.39 is 5.97 Å². The number of aromatic nitrogens is 1. The molecule has 4 aromatic rings. The van der Waals surface area contributed by atoms with Gasteiger partial charge in [-0.25, -0.2) is 14.8 Å². The predicted molar refractivity (Wildman–Crippen MR) is 129 cm³/mol. The summed E-state index contributed by atoms with van der Waals surface area (Å²) in [5.74, 6) is -0.164. The summed E-state index contributed by atoms with van der Waals surface area (Å²) >= 11 is 7.53. The number of carbonyl (C=O) groups is 1. The average molecular weight is 457 g/mol. The molecule has 5 rings (SSSR count). The van der Waals surface area contributed by atoms with Gasteiger partial charge in [0.1, 0.15) is 5.03 Å². The molecule has 0 amide bonds. The van der Waals surface area contributed by atoms with Crippen molar-refractivity contribution in [3.63, 3.8) is 0 Å². The van der Waals surface area contributed by atoms with Crippen LogP contribution in [0.1, 0.15) is 16.7 Å². The molecule has 0 fully saturated rings. The predicted octanol–water partition coefficient (Wildman–Crippen LogP) is 6.69. The summed E-state index contributed by atoms with van der Waals surface area (Å²) in [6.45, 7) is 1.98. The lowest BCUT2D eigenvalue weighted by Crippen LogP contribution is -2.05. The van der Waals surface area contributed by atoms with Crippen LogP contribution in [0, 0.1) is 6.92 Å². The van der Waals surface area contributed by atoms with Gasteiger partial charge in [0.05, 0.1) is 5.52 Å². The molecular weight excluding hydrogens is 440 g/mol. The summed E-state index contributed by atoms with van der Waals surface area (Å²) in [6.07, 6.45) is 1.74. The number of hydrogen-bond donors (Lipinski definition) is 0. The summed E-state index contributed by atoms with van der Waals surface area (Å²) in [4.78, 5) is 22.9. The number of aryl methyl sites for hydroxylation is 1. The number of cyclic esters (lactones) is 1. The topological polar surface area (TPSA) is 51.5 Å². The second-order valence-electron chi connectivity index (χ2n) is 7.34. The number of aliphatic imine (C=N–C) groups is 1. The molecule has 0 saturated heterocycles. The van der Waals surface area contributed by atoms with Gasteiger partial charge in [-0.15, -0.1) is 0 Å². The Morgan fingerprint density at radius 2 is 1.78 bits per heavy atom. The molecule has 0 aliphatic carbocycles. The van der Waals surface area contributed by atoms with Crippen molar-refractivity contribution < 1.29 is 9.53 Å². The highest BCUT2D eigenvalue weighted by molar-refractivity contribution is 7.99. The Morgan fingerprint density at radius 1 is 0.969 bits per heavy atom. The summed E-state index contributed by atoms with van der Waals surface area (Å²) in [5.41, 5.74) is 3.76. The maximum atomic E-state index is 12.6. The molecule has 2 heterocycles. The molecule has 32 heavy (non-hydrogen) atoms. The molecule has 1 aliphatic rings. The minimum absolute atomic E-state index is 0.247. The standard InChI is InChI=1S/C26H17ClN2O2S/c1-16-5-4-7-18(13-16)24-28-23(26(30)31-24)15-19-14-17-6-2-3-8-22(17)29-25(19)32-21-11-9-20(27)10-12-21/h2-15H,1H3/b23-15+. The van der Waals surface area contributed by atoms with Crippen LogP contribution < -0.4 is 0 Å². The monoisotopic (exact) mass is 456 g/mol. The molecule has 0 unspecified atom stereocenters. The van der Waals surface area contributed by atoms with Crippen LogP contribution in [0.2, 0.25) is 5.02 Å². The van der Waals surface area contributed by atoms with Crippen LogP contribution in [0.4, 0.5) is 0 Å². The van der Waals surface area contributed by atoms with Crippen LogP contribution in [0.15, 0.2) is 99.5 Å². The molecule has 0 bridgehead atoms. The van der Waals surface area contributed by atoms with Crippen LogP contribution in [-0.2, 0) is 9.53 Å². The largest absolute Gasteiger partial charge is 0.402 e. The lowest BCUT2D eigenvalue weighted by Gasteiger charge is -2.08. The number of nitrogens with zero attached hydrogens (tertiary/aromatic N) is 2. The van der Waals surface area contributed by atoms with Gasteiger partial charge < -0.3 is 4.74 Å². The van der Waals surface area contributed by atoms with Crippen molar-refractivity contribution in [3.8, 4) is 0 Å². The van der Waals surface area contributed by atoms with Crippen molar-refractivity contribution in [3.05, 3.63) is 106 Å². The van der Waals surface area contributed by atoms with Gasteiger partial charge in [-0.3, -0.25) is 0 Å². The van der Waals surface area contributed by atoms with E-state index in [1.807, 2.05) is 85.8 Å². The zero-order valence-electron chi connectivity index (χ0n) is 17.1. The number of rotatable bonds is 4. The van der Waals surface area contributed by atoms with Gasteiger partial charge in [-0.05, 0) is 61.5 Å². The highest BCUT2D eigenvalue weighted by atomic mass is 35.5. The molecule has 4 nitrogen and oxygen atoms in total. The Hall–Kier alpha value is -3.41. The van der Waals surface area contributed by atoms with Gasteiger partial charge in [0.2, 0.25) is 5.90 Å². The third kappa shape index (κ3) is 4.31. The SMILES string of the molecule is Cc1cccc(C2=N/C(=C/c3cc4ccccc4nc3Sc3ccc(Cl)cc3)C(=O)O2)c1. The summed E-state index contributed by atoms with van der Waals surface area (Å²) in [5, 5.41) is 2.43. The van der Waals surface area contributed by atoms with Gasteiger partial charge >= 0.3 is 5.97 Å². The van der Waals surface area contributed by atoms with Crippen LogP contribution in [0.3, 0.4) is 0 Å². The second-order valence-corrected chi connectivity index (χ2v) is 8.84. The number of hydrogen-bond acceptors (Lipinski definition) is 5. The highest BCUT2D eigenvalue weighted by Gasteiger charge is 2.25. The van der Waals surface area contributed by atoms with E-state index in [1.54, 1.807) is 6.08 Å². The molecular formula is C26H17ClN2O2S. The fraction of sp³-hybridized carbons (Fsp3) is 0.0385. The van der Waals surface area contributed by atoms with Crippen molar-refractivity contribution >= 4 is 52.2 Å². The Morgan fingerprint density at radius 3 is 2.59 bits per heavy atom. The van der Waals surface area contributed by atoms with Crippen LogP contribution in [0.5, 0.6) is 0 Å². The van der Waals surface area contributed by atoms with Gasteiger partial charge in [-0.2, -0.15) is 0 Å². The number of carbonyl (C=O) groups excluding carboxylic acids is 1. The first-order valence-electron chi connectivity index (χ1n) is 9.98. The minimum Gasteiger partial charge on any atom is -0.402 e. The van der Waals surface area contributed by atoms with Gasteiger partial charge in [0, 0.05) is 26.4 Å². The Labute approximate surface area is 194 Å². The van der Waals surface area contributed by atoms with Gasteiger partial charge in [-0.1, -0.05) is 59.3 Å². The van der Waals surface area contributed by atoms with Crippen molar-refractivity contribution in [1.82, 2.24) is 4.98 Å². The lowest BCUT2D eigenvalue weighted by atomic mass is 10.1. The van der Waals surface area contributed by atoms with E-state index in [4.69, 9.17) is 21.3 Å². The number of fused-ring (bicyclic) bond motifs is 1. The molecule has 0 atom stereocenters.